The van der Waals surface area contributed by atoms with Crippen molar-refractivity contribution in [1.82, 2.24) is 25.1 Å². The van der Waals surface area contributed by atoms with Gasteiger partial charge >= 0.3 is 0 Å². The molecule has 0 bridgehead atoms. The van der Waals surface area contributed by atoms with E-state index in [0.717, 1.165) is 19.5 Å². The molecule has 9 heteroatoms. The lowest BCUT2D eigenvalue weighted by molar-refractivity contribution is -0.132. The Labute approximate surface area is 187 Å². The zero-order valence-corrected chi connectivity index (χ0v) is 18.5. The summed E-state index contributed by atoms with van der Waals surface area (Å²) in [6.07, 6.45) is 1.60. The highest BCUT2D eigenvalue weighted by Crippen LogP contribution is 2.21. The lowest BCUT2D eigenvalue weighted by Crippen LogP contribution is -2.56. The van der Waals surface area contributed by atoms with Crippen LogP contribution in [-0.2, 0) is 17.8 Å². The topological polar surface area (TPSA) is 111 Å². The highest BCUT2D eigenvalue weighted by molar-refractivity contribution is 5.92. The fourth-order valence-electron chi connectivity index (χ4n) is 4.16. The van der Waals surface area contributed by atoms with Crippen molar-refractivity contribution in [1.29, 1.82) is 0 Å². The smallest absolute Gasteiger partial charge is 0.270 e. The first kappa shape index (κ1) is 22.2. The molecule has 2 amide bonds. The summed E-state index contributed by atoms with van der Waals surface area (Å²) in [5.41, 5.74) is 2.89. The summed E-state index contributed by atoms with van der Waals surface area (Å²) in [7, 11) is 0. The van der Waals surface area contributed by atoms with Crippen molar-refractivity contribution < 1.29 is 14.7 Å². The second-order valence-corrected chi connectivity index (χ2v) is 8.56. The monoisotopic (exact) mass is 438 g/mol. The number of aliphatic hydroxyl groups is 1. The van der Waals surface area contributed by atoms with Crippen molar-refractivity contribution in [3.05, 3.63) is 53.5 Å². The van der Waals surface area contributed by atoms with Crippen molar-refractivity contribution in [3.63, 3.8) is 0 Å². The molecule has 9 nitrogen and oxygen atoms in total. The molecule has 3 N–H and O–H groups in total. The highest BCUT2D eigenvalue weighted by Gasteiger charge is 2.29. The van der Waals surface area contributed by atoms with Gasteiger partial charge in [-0.25, -0.2) is 9.97 Å². The standard InChI is InChI=1S/C23H30N6O3/c1-15(28-8-7-17-5-3-4-6-18(17)11-28)21(31)10-24-23(32)20-9-22(26-14-25-20)27-19-12-29(13-19)16(2)30/h3-6,9,14-15,19,21,31H,7-8,10-13H2,1-2H3,(H,24,32)(H,25,26,27). The Bertz CT molecular complexity index is 978. The van der Waals surface area contributed by atoms with Gasteiger partial charge in [0.05, 0.1) is 12.1 Å². The summed E-state index contributed by atoms with van der Waals surface area (Å²) in [5.74, 6) is 0.233. The normalized spacial score (nSPS) is 18.3. The van der Waals surface area contributed by atoms with Crippen LogP contribution in [-0.4, -0.2) is 81.1 Å². The molecule has 4 rings (SSSR count). The van der Waals surface area contributed by atoms with Crippen LogP contribution in [0.15, 0.2) is 36.7 Å². The second-order valence-electron chi connectivity index (χ2n) is 8.56. The third kappa shape index (κ3) is 5.05. The van der Waals surface area contributed by atoms with Crippen molar-refractivity contribution >= 4 is 17.6 Å². The minimum absolute atomic E-state index is 0.0485. The molecule has 2 atom stereocenters. The van der Waals surface area contributed by atoms with Crippen LogP contribution in [0.3, 0.4) is 0 Å². The summed E-state index contributed by atoms with van der Waals surface area (Å²) in [6.45, 7) is 6.58. The van der Waals surface area contributed by atoms with Crippen LogP contribution in [0, 0.1) is 0 Å². The van der Waals surface area contributed by atoms with E-state index in [1.54, 1.807) is 17.9 Å². The largest absolute Gasteiger partial charge is 0.390 e. The molecule has 2 aromatic rings. The number of aliphatic hydroxyl groups excluding tert-OH is 1. The number of benzene rings is 1. The Morgan fingerprint density at radius 1 is 1.22 bits per heavy atom. The fraction of sp³-hybridized carbons (Fsp3) is 0.478. The van der Waals surface area contributed by atoms with Crippen molar-refractivity contribution in [2.75, 3.05) is 31.5 Å². The first-order valence-corrected chi connectivity index (χ1v) is 11.0. The third-order valence-electron chi connectivity index (χ3n) is 6.34. The van der Waals surface area contributed by atoms with Gasteiger partial charge in [-0.15, -0.1) is 0 Å². The Kier molecular flexibility index (Phi) is 6.66. The molecule has 32 heavy (non-hydrogen) atoms. The number of likely N-dealkylation sites (tertiary alicyclic amines) is 1. The molecule has 2 aliphatic heterocycles. The fourth-order valence-corrected chi connectivity index (χ4v) is 4.16. The third-order valence-corrected chi connectivity index (χ3v) is 6.34. The molecule has 0 radical (unpaired) electrons. The first-order valence-electron chi connectivity index (χ1n) is 11.0. The van der Waals surface area contributed by atoms with E-state index >= 15 is 0 Å². The van der Waals surface area contributed by atoms with Crippen LogP contribution in [0.1, 0.15) is 35.5 Å². The van der Waals surface area contributed by atoms with Crippen LogP contribution in [0.4, 0.5) is 5.82 Å². The Balaban J connectivity index is 1.27. The molecule has 0 aliphatic carbocycles. The van der Waals surface area contributed by atoms with Gasteiger partial charge in [0.1, 0.15) is 17.8 Å². The van der Waals surface area contributed by atoms with Gasteiger partial charge in [0, 0.05) is 51.8 Å². The van der Waals surface area contributed by atoms with Crippen LogP contribution >= 0.6 is 0 Å². The molecule has 1 aromatic heterocycles. The minimum atomic E-state index is -0.698. The molecule has 1 saturated heterocycles. The number of anilines is 1. The molecular weight excluding hydrogens is 408 g/mol. The molecule has 2 aliphatic rings. The van der Waals surface area contributed by atoms with E-state index in [1.807, 2.05) is 13.0 Å². The van der Waals surface area contributed by atoms with E-state index in [4.69, 9.17) is 0 Å². The van der Waals surface area contributed by atoms with Gasteiger partial charge in [0.2, 0.25) is 5.91 Å². The van der Waals surface area contributed by atoms with Crippen LogP contribution < -0.4 is 10.6 Å². The first-order chi connectivity index (χ1) is 15.4. The minimum Gasteiger partial charge on any atom is -0.390 e. The van der Waals surface area contributed by atoms with Gasteiger partial charge in [0.15, 0.2) is 0 Å². The Morgan fingerprint density at radius 3 is 2.72 bits per heavy atom. The number of carbonyl (C=O) groups excluding carboxylic acids is 2. The van der Waals surface area contributed by atoms with Gasteiger partial charge < -0.3 is 20.6 Å². The van der Waals surface area contributed by atoms with Crippen molar-refractivity contribution in [2.24, 2.45) is 0 Å². The lowest BCUT2D eigenvalue weighted by Gasteiger charge is -2.39. The number of nitrogens with zero attached hydrogens (tertiary/aromatic N) is 4. The predicted octanol–water partition coefficient (Wildman–Crippen LogP) is 0.657. The van der Waals surface area contributed by atoms with Crippen LogP contribution in [0.5, 0.6) is 0 Å². The number of aromatic nitrogens is 2. The zero-order valence-electron chi connectivity index (χ0n) is 18.5. The molecule has 1 aromatic carbocycles. The van der Waals surface area contributed by atoms with Gasteiger partial charge in [-0.2, -0.15) is 0 Å². The van der Waals surface area contributed by atoms with E-state index in [9.17, 15) is 14.7 Å². The van der Waals surface area contributed by atoms with Crippen molar-refractivity contribution in [3.8, 4) is 0 Å². The van der Waals surface area contributed by atoms with E-state index < -0.39 is 6.10 Å². The van der Waals surface area contributed by atoms with Crippen molar-refractivity contribution in [2.45, 2.75) is 45.0 Å². The number of amides is 2. The van der Waals surface area contributed by atoms with Gasteiger partial charge in [0.25, 0.3) is 5.91 Å². The van der Waals surface area contributed by atoms with Gasteiger partial charge in [-0.3, -0.25) is 14.5 Å². The number of hydrogen-bond donors (Lipinski definition) is 3. The molecule has 2 unspecified atom stereocenters. The van der Waals surface area contributed by atoms with E-state index in [2.05, 4.69) is 43.7 Å². The maximum Gasteiger partial charge on any atom is 0.270 e. The quantitative estimate of drug-likeness (QED) is 0.582. The Morgan fingerprint density at radius 2 is 1.97 bits per heavy atom. The summed E-state index contributed by atoms with van der Waals surface area (Å²) in [4.78, 5) is 36.0. The molecule has 1 fully saturated rings. The summed E-state index contributed by atoms with van der Waals surface area (Å²) >= 11 is 0. The average Bonchev–Trinajstić information content (AvgIpc) is 2.78. The van der Waals surface area contributed by atoms with E-state index in [0.29, 0.717) is 18.9 Å². The number of rotatable bonds is 7. The molecule has 0 spiro atoms. The highest BCUT2D eigenvalue weighted by atomic mass is 16.3. The zero-order chi connectivity index (χ0) is 22.7. The average molecular weight is 439 g/mol. The molecular formula is C23H30N6O3. The van der Waals surface area contributed by atoms with Crippen LogP contribution in [0.2, 0.25) is 0 Å². The number of nitrogens with one attached hydrogen (secondary N) is 2. The predicted molar refractivity (Wildman–Crippen MR) is 120 cm³/mol. The number of fused-ring (bicyclic) bond motifs is 1. The Hall–Kier alpha value is -3.04. The summed E-state index contributed by atoms with van der Waals surface area (Å²) in [6, 6.07) is 10.00. The SMILES string of the molecule is CC(=O)N1CC(Nc2cc(C(=O)NCC(O)C(C)N3CCc4ccccc4C3)ncn2)C1. The van der Waals surface area contributed by atoms with Gasteiger partial charge in [-0.1, -0.05) is 24.3 Å². The number of hydrogen-bond acceptors (Lipinski definition) is 7. The lowest BCUT2D eigenvalue weighted by atomic mass is 9.98. The molecule has 0 saturated carbocycles. The summed E-state index contributed by atoms with van der Waals surface area (Å²) < 4.78 is 0. The summed E-state index contributed by atoms with van der Waals surface area (Å²) in [5, 5.41) is 16.7. The second kappa shape index (κ2) is 9.62. The maximum absolute atomic E-state index is 12.6. The van der Waals surface area contributed by atoms with E-state index in [1.165, 1.54) is 17.5 Å². The van der Waals surface area contributed by atoms with E-state index in [-0.39, 0.29) is 36.1 Å². The number of carbonyl (C=O) groups is 2. The molecule has 170 valence electrons. The maximum atomic E-state index is 12.6. The van der Waals surface area contributed by atoms with Gasteiger partial charge in [-0.05, 0) is 24.5 Å². The van der Waals surface area contributed by atoms with Crippen LogP contribution in [0.25, 0.3) is 0 Å². The molecule has 3 heterocycles.